The molecule has 2 fully saturated rings. The monoisotopic (exact) mass is 439 g/mol. The summed E-state index contributed by atoms with van der Waals surface area (Å²) in [5.74, 6) is 0.705. The zero-order valence-corrected chi connectivity index (χ0v) is 19.3. The highest BCUT2D eigenvalue weighted by Crippen LogP contribution is 2.36. The fraction of sp³-hybridized carbons (Fsp3) is 0.565. The lowest BCUT2D eigenvalue weighted by molar-refractivity contribution is -0.383. The average molecular weight is 440 g/mol. The second kappa shape index (κ2) is 8.54. The summed E-state index contributed by atoms with van der Waals surface area (Å²) >= 11 is 0. The van der Waals surface area contributed by atoms with Gasteiger partial charge in [-0.2, -0.15) is 0 Å². The summed E-state index contributed by atoms with van der Waals surface area (Å²) in [5, 5.41) is 19.1. The summed E-state index contributed by atoms with van der Waals surface area (Å²) in [6.45, 7) is 11.5. The summed E-state index contributed by atoms with van der Waals surface area (Å²) in [5.41, 5.74) is 0.993. The van der Waals surface area contributed by atoms with Crippen LogP contribution in [0.4, 0.5) is 23.0 Å². The van der Waals surface area contributed by atoms with Gasteiger partial charge in [-0.05, 0) is 52.7 Å². The fourth-order valence-corrected chi connectivity index (χ4v) is 5.31. The highest BCUT2D eigenvalue weighted by molar-refractivity contribution is 5.71. The maximum Gasteiger partial charge on any atom is 0.353 e. The molecule has 1 aromatic heterocycles. The van der Waals surface area contributed by atoms with Crippen molar-refractivity contribution in [2.24, 2.45) is 0 Å². The van der Waals surface area contributed by atoms with E-state index in [1.54, 1.807) is 0 Å². The maximum absolute atomic E-state index is 12.1. The molecule has 172 valence electrons. The van der Waals surface area contributed by atoms with E-state index in [1.807, 2.05) is 23.1 Å². The smallest absolute Gasteiger partial charge is 0.353 e. The molecule has 1 aromatic carbocycles. The van der Waals surface area contributed by atoms with Gasteiger partial charge in [0.05, 0.1) is 4.92 Å². The predicted octanol–water partition coefficient (Wildman–Crippen LogP) is 3.43. The first-order valence-electron chi connectivity index (χ1n) is 11.2. The minimum Gasteiger partial charge on any atom is -0.368 e. The van der Waals surface area contributed by atoms with Crippen molar-refractivity contribution in [1.82, 2.24) is 15.3 Å². The Hall–Kier alpha value is -2.94. The minimum atomic E-state index is -0.349. The van der Waals surface area contributed by atoms with Crippen LogP contribution < -0.4 is 20.4 Å². The van der Waals surface area contributed by atoms with Crippen molar-refractivity contribution >= 4 is 23.0 Å². The molecule has 0 bridgehead atoms. The molecular formula is C23H33N7O2. The lowest BCUT2D eigenvalue weighted by atomic mass is 9.79. The van der Waals surface area contributed by atoms with Crippen LogP contribution in [0.5, 0.6) is 0 Å². The number of nitrogens with zero attached hydrogens (tertiary/aromatic N) is 5. The lowest BCUT2D eigenvalue weighted by Crippen LogP contribution is -2.60. The Balaban J connectivity index is 1.53. The van der Waals surface area contributed by atoms with Gasteiger partial charge < -0.3 is 20.4 Å². The van der Waals surface area contributed by atoms with E-state index in [-0.39, 0.29) is 27.7 Å². The van der Waals surface area contributed by atoms with Crippen LogP contribution in [0.25, 0.3) is 0 Å². The molecule has 4 rings (SSSR count). The molecule has 0 unspecified atom stereocenters. The van der Waals surface area contributed by atoms with Gasteiger partial charge in [-0.1, -0.05) is 18.2 Å². The van der Waals surface area contributed by atoms with Gasteiger partial charge in [-0.15, -0.1) is 0 Å². The van der Waals surface area contributed by atoms with Crippen LogP contribution in [0.3, 0.4) is 0 Å². The summed E-state index contributed by atoms with van der Waals surface area (Å²) < 4.78 is 0. The van der Waals surface area contributed by atoms with Crippen LogP contribution >= 0.6 is 0 Å². The van der Waals surface area contributed by atoms with Crippen LogP contribution in [0, 0.1) is 10.1 Å². The number of anilines is 3. The molecule has 0 radical (unpaired) electrons. The van der Waals surface area contributed by atoms with Gasteiger partial charge in [0.25, 0.3) is 0 Å². The number of nitro groups is 1. The Bertz CT molecular complexity index is 940. The van der Waals surface area contributed by atoms with Gasteiger partial charge in [0, 0.05) is 49.0 Å². The standard InChI is InChI=1S/C23H33N7O2/c1-22(2)14-17(15-23(3,4)27-22)26-20-19(30(31)32)21(25-16-24-20)29-12-10-28(11-13-29)18-8-6-5-7-9-18/h5-9,16-17,27H,10-15H2,1-4H3,(H,24,25,26). The summed E-state index contributed by atoms with van der Waals surface area (Å²) in [6, 6.07) is 10.3. The third kappa shape index (κ3) is 4.93. The third-order valence-electron chi connectivity index (χ3n) is 6.22. The van der Waals surface area contributed by atoms with Crippen LogP contribution in [-0.4, -0.2) is 58.2 Å². The van der Waals surface area contributed by atoms with Crippen LogP contribution in [0.15, 0.2) is 36.7 Å². The Labute approximate surface area is 189 Å². The largest absolute Gasteiger partial charge is 0.368 e. The highest BCUT2D eigenvalue weighted by Gasteiger charge is 2.39. The Morgan fingerprint density at radius 2 is 1.59 bits per heavy atom. The number of para-hydroxylation sites is 1. The molecule has 0 spiro atoms. The molecular weight excluding hydrogens is 406 g/mol. The van der Waals surface area contributed by atoms with E-state index in [0.29, 0.717) is 24.7 Å². The molecule has 0 aliphatic carbocycles. The molecule has 2 N–H and O–H groups in total. The predicted molar refractivity (Wildman–Crippen MR) is 127 cm³/mol. The van der Waals surface area contributed by atoms with Crippen LogP contribution in [-0.2, 0) is 0 Å². The molecule has 2 aliphatic heterocycles. The SMILES string of the molecule is CC1(C)CC(Nc2ncnc(N3CCN(c4ccccc4)CC3)c2[N+](=O)[O-])CC(C)(C)N1. The number of benzene rings is 1. The van der Waals surface area contributed by atoms with Gasteiger partial charge in [-0.25, -0.2) is 9.97 Å². The van der Waals surface area contributed by atoms with E-state index >= 15 is 0 Å². The van der Waals surface area contributed by atoms with E-state index in [0.717, 1.165) is 25.9 Å². The molecule has 0 saturated carbocycles. The second-order valence-corrected chi connectivity index (χ2v) is 10.1. The number of hydrogen-bond acceptors (Lipinski definition) is 8. The average Bonchev–Trinajstić information content (AvgIpc) is 2.72. The molecule has 0 amide bonds. The molecule has 9 heteroatoms. The van der Waals surface area contributed by atoms with Gasteiger partial charge in [-0.3, -0.25) is 10.1 Å². The molecule has 0 atom stereocenters. The van der Waals surface area contributed by atoms with Gasteiger partial charge in [0.1, 0.15) is 6.33 Å². The van der Waals surface area contributed by atoms with E-state index < -0.39 is 0 Å². The van der Waals surface area contributed by atoms with Gasteiger partial charge >= 0.3 is 5.69 Å². The van der Waals surface area contributed by atoms with E-state index in [9.17, 15) is 10.1 Å². The normalized spacial score (nSPS) is 20.8. The van der Waals surface area contributed by atoms with Crippen molar-refractivity contribution in [3.05, 3.63) is 46.8 Å². The van der Waals surface area contributed by atoms with E-state index in [4.69, 9.17) is 0 Å². The Kier molecular flexibility index (Phi) is 5.94. The molecule has 3 heterocycles. The van der Waals surface area contributed by atoms with E-state index in [1.165, 1.54) is 12.0 Å². The van der Waals surface area contributed by atoms with Gasteiger partial charge in [0.2, 0.25) is 11.6 Å². The number of hydrogen-bond donors (Lipinski definition) is 2. The molecule has 9 nitrogen and oxygen atoms in total. The summed E-state index contributed by atoms with van der Waals surface area (Å²) in [6.07, 6.45) is 3.14. The van der Waals surface area contributed by atoms with E-state index in [2.05, 4.69) is 65.3 Å². The summed E-state index contributed by atoms with van der Waals surface area (Å²) in [4.78, 5) is 24.7. The zero-order valence-electron chi connectivity index (χ0n) is 19.3. The molecule has 2 saturated heterocycles. The van der Waals surface area contributed by atoms with Crippen LogP contribution in [0.2, 0.25) is 0 Å². The lowest BCUT2D eigenvalue weighted by Gasteiger charge is -2.46. The van der Waals surface area contributed by atoms with Crippen molar-refractivity contribution in [3.63, 3.8) is 0 Å². The first-order valence-corrected chi connectivity index (χ1v) is 11.2. The van der Waals surface area contributed by atoms with Crippen molar-refractivity contribution in [2.75, 3.05) is 41.3 Å². The number of nitrogens with one attached hydrogen (secondary N) is 2. The number of piperazine rings is 1. The zero-order chi connectivity index (χ0) is 22.9. The third-order valence-corrected chi connectivity index (χ3v) is 6.22. The Morgan fingerprint density at radius 3 is 2.19 bits per heavy atom. The topological polar surface area (TPSA) is 99.5 Å². The molecule has 2 aromatic rings. The molecule has 2 aliphatic rings. The number of piperidine rings is 1. The number of rotatable bonds is 5. The fourth-order valence-electron chi connectivity index (χ4n) is 5.31. The van der Waals surface area contributed by atoms with Gasteiger partial charge in [0.15, 0.2) is 0 Å². The van der Waals surface area contributed by atoms with Crippen molar-refractivity contribution < 1.29 is 4.92 Å². The summed E-state index contributed by atoms with van der Waals surface area (Å²) in [7, 11) is 0. The van der Waals surface area contributed by atoms with Crippen LogP contribution in [0.1, 0.15) is 40.5 Å². The number of aromatic nitrogens is 2. The first-order chi connectivity index (χ1) is 15.1. The first kappa shape index (κ1) is 22.3. The highest BCUT2D eigenvalue weighted by atomic mass is 16.6. The molecule has 32 heavy (non-hydrogen) atoms. The van der Waals surface area contributed by atoms with Crippen molar-refractivity contribution in [3.8, 4) is 0 Å². The van der Waals surface area contributed by atoms with Crippen molar-refractivity contribution in [2.45, 2.75) is 57.7 Å². The maximum atomic E-state index is 12.1. The minimum absolute atomic E-state index is 0.0326. The van der Waals surface area contributed by atoms with Crippen molar-refractivity contribution in [1.29, 1.82) is 0 Å². The quantitative estimate of drug-likeness (QED) is 0.540. The second-order valence-electron chi connectivity index (χ2n) is 10.1. The Morgan fingerprint density at radius 1 is 1.00 bits per heavy atom.